The van der Waals surface area contributed by atoms with Gasteiger partial charge in [0.05, 0.1) is 30.6 Å². The fourth-order valence-corrected chi connectivity index (χ4v) is 2.20. The van der Waals surface area contributed by atoms with E-state index in [2.05, 4.69) is 14.9 Å². The van der Waals surface area contributed by atoms with E-state index in [1.54, 1.807) is 6.07 Å². The highest BCUT2D eigenvalue weighted by atomic mass is 16.5. The molecule has 0 saturated carbocycles. The van der Waals surface area contributed by atoms with Crippen LogP contribution in [0.1, 0.15) is 10.4 Å². The average molecular weight is 247 g/mol. The smallest absolute Gasteiger partial charge is 0.338 e. The van der Waals surface area contributed by atoms with Gasteiger partial charge in [-0.15, -0.1) is 0 Å². The van der Waals surface area contributed by atoms with E-state index in [9.17, 15) is 9.90 Å². The Hall–Kier alpha value is -2.08. The first kappa shape index (κ1) is 11.0. The Morgan fingerprint density at radius 1 is 1.39 bits per heavy atom. The minimum absolute atomic E-state index is 0.232. The van der Waals surface area contributed by atoms with Crippen LogP contribution in [-0.2, 0) is 4.74 Å². The van der Waals surface area contributed by atoms with Gasteiger partial charge in [0.15, 0.2) is 0 Å². The van der Waals surface area contributed by atoms with Gasteiger partial charge < -0.3 is 19.7 Å². The number of H-pyrrole nitrogens is 1. The second kappa shape index (κ2) is 4.30. The molecule has 1 aliphatic rings. The first-order chi connectivity index (χ1) is 8.75. The number of fused-ring (bicyclic) bond motifs is 1. The van der Waals surface area contributed by atoms with Gasteiger partial charge in [-0.05, 0) is 12.1 Å². The third-order valence-corrected chi connectivity index (χ3v) is 3.12. The van der Waals surface area contributed by atoms with Crippen LogP contribution in [0.25, 0.3) is 11.0 Å². The molecule has 18 heavy (non-hydrogen) atoms. The monoisotopic (exact) mass is 247 g/mol. The van der Waals surface area contributed by atoms with Gasteiger partial charge in [-0.3, -0.25) is 0 Å². The summed E-state index contributed by atoms with van der Waals surface area (Å²) in [6, 6.07) is 3.61. The van der Waals surface area contributed by atoms with Crippen LogP contribution in [0.5, 0.6) is 0 Å². The second-order valence-corrected chi connectivity index (χ2v) is 4.20. The van der Waals surface area contributed by atoms with Crippen molar-refractivity contribution in [2.45, 2.75) is 0 Å². The van der Waals surface area contributed by atoms with E-state index in [0.717, 1.165) is 24.3 Å². The molecule has 6 heteroatoms. The van der Waals surface area contributed by atoms with E-state index in [-0.39, 0.29) is 5.56 Å². The largest absolute Gasteiger partial charge is 0.478 e. The van der Waals surface area contributed by atoms with E-state index in [1.807, 2.05) is 6.07 Å². The van der Waals surface area contributed by atoms with E-state index in [1.165, 1.54) is 6.33 Å². The highest BCUT2D eigenvalue weighted by Gasteiger charge is 2.17. The third kappa shape index (κ3) is 1.80. The van der Waals surface area contributed by atoms with Gasteiger partial charge in [-0.1, -0.05) is 0 Å². The van der Waals surface area contributed by atoms with E-state index < -0.39 is 5.97 Å². The molecule has 1 saturated heterocycles. The number of aromatic carboxylic acids is 1. The average Bonchev–Trinajstić information content (AvgIpc) is 2.86. The predicted molar refractivity (Wildman–Crippen MR) is 66.1 cm³/mol. The number of carboxylic acids is 1. The van der Waals surface area contributed by atoms with E-state index in [0.29, 0.717) is 18.7 Å². The van der Waals surface area contributed by atoms with Gasteiger partial charge >= 0.3 is 5.97 Å². The number of nitrogens with zero attached hydrogens (tertiary/aromatic N) is 2. The summed E-state index contributed by atoms with van der Waals surface area (Å²) in [6.45, 7) is 2.89. The van der Waals surface area contributed by atoms with Crippen molar-refractivity contribution in [1.82, 2.24) is 9.97 Å². The molecule has 0 spiro atoms. The molecule has 0 amide bonds. The number of aromatic amines is 1. The summed E-state index contributed by atoms with van der Waals surface area (Å²) in [6.07, 6.45) is 1.51. The minimum atomic E-state index is -0.956. The van der Waals surface area contributed by atoms with Gasteiger partial charge in [-0.25, -0.2) is 9.78 Å². The van der Waals surface area contributed by atoms with Gasteiger partial charge in [0.25, 0.3) is 0 Å². The number of aromatic nitrogens is 2. The van der Waals surface area contributed by atoms with Crippen LogP contribution in [0.4, 0.5) is 5.69 Å². The zero-order chi connectivity index (χ0) is 12.5. The first-order valence-electron chi connectivity index (χ1n) is 5.79. The van der Waals surface area contributed by atoms with Crippen molar-refractivity contribution in [3.63, 3.8) is 0 Å². The third-order valence-electron chi connectivity index (χ3n) is 3.12. The Labute approximate surface area is 103 Å². The van der Waals surface area contributed by atoms with Crippen LogP contribution in [0.15, 0.2) is 18.5 Å². The number of nitrogens with one attached hydrogen (secondary N) is 1. The van der Waals surface area contributed by atoms with Crippen LogP contribution < -0.4 is 4.90 Å². The summed E-state index contributed by atoms with van der Waals surface area (Å²) in [4.78, 5) is 20.4. The number of rotatable bonds is 2. The van der Waals surface area contributed by atoms with Crippen LogP contribution >= 0.6 is 0 Å². The number of hydrogen-bond acceptors (Lipinski definition) is 4. The molecular weight excluding hydrogens is 234 g/mol. The van der Waals surface area contributed by atoms with Crippen LogP contribution in [0.3, 0.4) is 0 Å². The summed E-state index contributed by atoms with van der Waals surface area (Å²) in [5.74, 6) is -0.956. The van der Waals surface area contributed by atoms with Crippen molar-refractivity contribution in [2.24, 2.45) is 0 Å². The highest BCUT2D eigenvalue weighted by Crippen LogP contribution is 2.24. The number of benzene rings is 1. The maximum Gasteiger partial charge on any atom is 0.338 e. The fourth-order valence-electron chi connectivity index (χ4n) is 2.20. The van der Waals surface area contributed by atoms with Crippen LogP contribution in [-0.4, -0.2) is 47.3 Å². The molecule has 2 N–H and O–H groups in total. The van der Waals surface area contributed by atoms with Crippen molar-refractivity contribution in [3.05, 3.63) is 24.0 Å². The normalized spacial score (nSPS) is 16.1. The molecule has 94 valence electrons. The van der Waals surface area contributed by atoms with Crippen molar-refractivity contribution in [3.8, 4) is 0 Å². The second-order valence-electron chi connectivity index (χ2n) is 4.20. The fraction of sp³-hybridized carbons (Fsp3) is 0.333. The lowest BCUT2D eigenvalue weighted by atomic mass is 10.1. The molecule has 3 rings (SSSR count). The first-order valence-corrected chi connectivity index (χ1v) is 5.79. The molecule has 1 fully saturated rings. The molecule has 0 atom stereocenters. The lowest BCUT2D eigenvalue weighted by Crippen LogP contribution is -2.36. The summed E-state index contributed by atoms with van der Waals surface area (Å²) >= 11 is 0. The molecule has 1 aliphatic heterocycles. The molecule has 0 aliphatic carbocycles. The van der Waals surface area contributed by atoms with Gasteiger partial charge in [-0.2, -0.15) is 0 Å². The predicted octanol–water partition coefficient (Wildman–Crippen LogP) is 1.10. The topological polar surface area (TPSA) is 78.5 Å². The molecule has 0 unspecified atom stereocenters. The van der Waals surface area contributed by atoms with Crippen LogP contribution in [0, 0.1) is 0 Å². The minimum Gasteiger partial charge on any atom is -0.478 e. The Bertz CT molecular complexity index is 587. The number of carbonyl (C=O) groups is 1. The van der Waals surface area contributed by atoms with Gasteiger partial charge in [0, 0.05) is 18.8 Å². The van der Waals surface area contributed by atoms with Crippen molar-refractivity contribution >= 4 is 22.7 Å². The Morgan fingerprint density at radius 2 is 2.17 bits per heavy atom. The number of ether oxygens (including phenoxy) is 1. The maximum atomic E-state index is 11.3. The quantitative estimate of drug-likeness (QED) is 0.830. The summed E-state index contributed by atoms with van der Waals surface area (Å²) in [7, 11) is 0. The number of anilines is 1. The van der Waals surface area contributed by atoms with Gasteiger partial charge in [0.2, 0.25) is 0 Å². The number of morpholine rings is 1. The van der Waals surface area contributed by atoms with Crippen molar-refractivity contribution < 1.29 is 14.6 Å². The molecular formula is C12H13N3O3. The summed E-state index contributed by atoms with van der Waals surface area (Å²) in [5, 5.41) is 9.23. The lowest BCUT2D eigenvalue weighted by Gasteiger charge is -2.29. The SMILES string of the molecule is O=C(O)c1cc(N2CCOCC2)cc2[nH]cnc12. The molecule has 2 aromatic rings. The molecule has 1 aromatic heterocycles. The van der Waals surface area contributed by atoms with Crippen LogP contribution in [0.2, 0.25) is 0 Å². The maximum absolute atomic E-state index is 11.3. The zero-order valence-electron chi connectivity index (χ0n) is 9.72. The zero-order valence-corrected chi connectivity index (χ0v) is 9.72. The lowest BCUT2D eigenvalue weighted by molar-refractivity contribution is 0.0699. The number of hydrogen-bond donors (Lipinski definition) is 2. The number of imidazole rings is 1. The Morgan fingerprint density at radius 3 is 2.89 bits per heavy atom. The van der Waals surface area contributed by atoms with E-state index in [4.69, 9.17) is 4.74 Å². The van der Waals surface area contributed by atoms with Gasteiger partial charge in [0.1, 0.15) is 5.52 Å². The summed E-state index contributed by atoms with van der Waals surface area (Å²) in [5.41, 5.74) is 2.37. The van der Waals surface area contributed by atoms with Crippen molar-refractivity contribution in [1.29, 1.82) is 0 Å². The van der Waals surface area contributed by atoms with E-state index >= 15 is 0 Å². The Balaban J connectivity index is 2.09. The summed E-state index contributed by atoms with van der Waals surface area (Å²) < 4.78 is 5.29. The Kier molecular flexibility index (Phi) is 2.64. The van der Waals surface area contributed by atoms with Crippen molar-refractivity contribution in [2.75, 3.05) is 31.2 Å². The highest BCUT2D eigenvalue weighted by molar-refractivity contribution is 6.02. The standard InChI is InChI=1S/C12H13N3O3/c16-12(17)9-5-8(15-1-3-18-4-2-15)6-10-11(9)14-7-13-10/h5-7H,1-4H2,(H,13,14)(H,16,17). The molecule has 1 aromatic carbocycles. The number of carboxylic acid groups (broad SMARTS) is 1. The molecule has 2 heterocycles. The molecule has 6 nitrogen and oxygen atoms in total. The molecule has 0 radical (unpaired) electrons. The molecule has 0 bridgehead atoms.